The fourth-order valence-electron chi connectivity index (χ4n) is 1.79. The normalized spacial score (nSPS) is 11.7. The van der Waals surface area contributed by atoms with Crippen LogP contribution in [0.3, 0.4) is 0 Å². The number of rotatable bonds is 5. The van der Waals surface area contributed by atoms with E-state index >= 15 is 0 Å². The van der Waals surface area contributed by atoms with Crippen LogP contribution in [0, 0.1) is 6.92 Å². The molecule has 0 aliphatic heterocycles. The lowest BCUT2D eigenvalue weighted by molar-refractivity contribution is 0.544. The van der Waals surface area contributed by atoms with Gasteiger partial charge in [0.15, 0.2) is 0 Å². The Morgan fingerprint density at radius 1 is 1.13 bits per heavy atom. The molecule has 0 spiro atoms. The molecule has 1 aromatic carbocycles. The zero-order valence-corrected chi connectivity index (χ0v) is 15.0. The Balaban J connectivity index is 2.15. The van der Waals surface area contributed by atoms with Crippen LogP contribution in [0.15, 0.2) is 34.0 Å². The van der Waals surface area contributed by atoms with Gasteiger partial charge in [-0.05, 0) is 25.1 Å². The maximum atomic E-state index is 12.3. The van der Waals surface area contributed by atoms with E-state index in [9.17, 15) is 13.2 Å². The molecule has 2 rings (SSSR count). The topological polar surface area (TPSA) is 81.1 Å². The number of benzene rings is 1. The zero-order chi connectivity index (χ0) is 17.2. The molecule has 1 heterocycles. The van der Waals surface area contributed by atoms with Crippen molar-refractivity contribution in [3.05, 3.63) is 55.4 Å². The van der Waals surface area contributed by atoms with E-state index in [4.69, 9.17) is 34.8 Å². The first kappa shape index (κ1) is 18.2. The number of sulfonamides is 1. The minimum atomic E-state index is -3.89. The van der Waals surface area contributed by atoms with Crippen LogP contribution in [0.5, 0.6) is 0 Å². The number of aryl methyl sites for hydroxylation is 1. The van der Waals surface area contributed by atoms with E-state index in [1.807, 2.05) is 0 Å². The van der Waals surface area contributed by atoms with Crippen molar-refractivity contribution in [3.8, 4) is 0 Å². The molecule has 0 unspecified atom stereocenters. The summed E-state index contributed by atoms with van der Waals surface area (Å²) in [5.74, 6) is 0. The molecule has 6 nitrogen and oxygen atoms in total. The van der Waals surface area contributed by atoms with Crippen molar-refractivity contribution in [2.24, 2.45) is 0 Å². The average Bonchev–Trinajstić information content (AvgIpc) is 2.46. The number of nitrogens with one attached hydrogen (secondary N) is 1. The lowest BCUT2D eigenvalue weighted by Gasteiger charge is -2.10. The van der Waals surface area contributed by atoms with Gasteiger partial charge >= 0.3 is 0 Å². The number of halogens is 3. The minimum absolute atomic E-state index is 0.0325. The van der Waals surface area contributed by atoms with Gasteiger partial charge < -0.3 is 0 Å². The predicted molar refractivity (Wildman–Crippen MR) is 89.9 cm³/mol. The third kappa shape index (κ3) is 4.45. The van der Waals surface area contributed by atoms with Crippen LogP contribution in [0.2, 0.25) is 15.1 Å². The fourth-order valence-corrected chi connectivity index (χ4v) is 3.81. The lowest BCUT2D eigenvalue weighted by atomic mass is 10.4. The summed E-state index contributed by atoms with van der Waals surface area (Å²) in [5, 5.41) is 4.20. The highest BCUT2D eigenvalue weighted by molar-refractivity contribution is 7.89. The van der Waals surface area contributed by atoms with Crippen LogP contribution < -0.4 is 10.3 Å². The molecular weight excluding hydrogens is 385 g/mol. The number of hydrogen-bond donors (Lipinski definition) is 1. The van der Waals surface area contributed by atoms with E-state index in [1.54, 1.807) is 13.0 Å². The zero-order valence-electron chi connectivity index (χ0n) is 11.9. The van der Waals surface area contributed by atoms with Gasteiger partial charge in [-0.25, -0.2) is 17.8 Å². The smallest absolute Gasteiger partial charge is 0.266 e. The third-order valence-corrected chi connectivity index (χ3v) is 5.53. The molecule has 0 saturated carbocycles. The molecule has 0 bridgehead atoms. The van der Waals surface area contributed by atoms with Crippen molar-refractivity contribution in [2.75, 3.05) is 6.54 Å². The Hall–Kier alpha value is -1.12. The van der Waals surface area contributed by atoms with Gasteiger partial charge in [0.2, 0.25) is 10.0 Å². The highest BCUT2D eigenvalue weighted by atomic mass is 35.5. The van der Waals surface area contributed by atoms with Gasteiger partial charge in [0.05, 0.1) is 27.3 Å². The van der Waals surface area contributed by atoms with Crippen LogP contribution in [0.4, 0.5) is 0 Å². The summed E-state index contributed by atoms with van der Waals surface area (Å²) in [7, 11) is -3.89. The van der Waals surface area contributed by atoms with Crippen molar-refractivity contribution >= 4 is 44.8 Å². The maximum Gasteiger partial charge on any atom is 0.266 e. The molecule has 10 heteroatoms. The van der Waals surface area contributed by atoms with Gasteiger partial charge in [-0.2, -0.15) is 5.10 Å². The maximum absolute atomic E-state index is 12.3. The van der Waals surface area contributed by atoms with Crippen molar-refractivity contribution < 1.29 is 8.42 Å². The van der Waals surface area contributed by atoms with Crippen LogP contribution >= 0.6 is 34.8 Å². The van der Waals surface area contributed by atoms with E-state index in [-0.39, 0.29) is 38.6 Å². The highest BCUT2D eigenvalue weighted by Gasteiger charge is 2.19. The molecule has 1 N–H and O–H groups in total. The lowest BCUT2D eigenvalue weighted by Crippen LogP contribution is -2.32. The van der Waals surface area contributed by atoms with Crippen molar-refractivity contribution in [3.63, 3.8) is 0 Å². The molecule has 1 aromatic heterocycles. The predicted octanol–water partition coefficient (Wildman–Crippen LogP) is 2.49. The second kappa shape index (κ2) is 7.19. The fraction of sp³-hybridized carbons (Fsp3) is 0.231. The first-order chi connectivity index (χ1) is 10.7. The van der Waals surface area contributed by atoms with Crippen LogP contribution in [-0.4, -0.2) is 24.7 Å². The van der Waals surface area contributed by atoms with E-state index in [2.05, 4.69) is 9.82 Å². The SMILES string of the molecule is Cc1ccc(=O)n(CCNS(=O)(=O)c2cc(Cl)c(Cl)cc2Cl)n1. The molecule has 0 amide bonds. The van der Waals surface area contributed by atoms with Crippen molar-refractivity contribution in [2.45, 2.75) is 18.4 Å². The van der Waals surface area contributed by atoms with Gasteiger partial charge in [-0.15, -0.1) is 0 Å². The molecule has 0 aliphatic carbocycles. The van der Waals surface area contributed by atoms with Crippen LogP contribution in [-0.2, 0) is 16.6 Å². The van der Waals surface area contributed by atoms with E-state index in [0.29, 0.717) is 5.69 Å². The Morgan fingerprint density at radius 2 is 1.78 bits per heavy atom. The second-order valence-electron chi connectivity index (χ2n) is 4.63. The molecule has 23 heavy (non-hydrogen) atoms. The summed E-state index contributed by atoms with van der Waals surface area (Å²) in [4.78, 5) is 11.4. The number of nitrogens with zero attached hydrogens (tertiary/aromatic N) is 2. The summed E-state index contributed by atoms with van der Waals surface area (Å²) in [6, 6.07) is 5.38. The summed E-state index contributed by atoms with van der Waals surface area (Å²) >= 11 is 17.5. The molecule has 0 aliphatic rings. The Kier molecular flexibility index (Phi) is 5.70. The van der Waals surface area contributed by atoms with E-state index < -0.39 is 10.0 Å². The van der Waals surface area contributed by atoms with Crippen LogP contribution in [0.25, 0.3) is 0 Å². The number of aromatic nitrogens is 2. The first-order valence-electron chi connectivity index (χ1n) is 6.40. The third-order valence-electron chi connectivity index (χ3n) is 2.88. The van der Waals surface area contributed by atoms with Gasteiger partial charge in [-0.3, -0.25) is 4.79 Å². The summed E-state index contributed by atoms with van der Waals surface area (Å²) < 4.78 is 28.0. The second-order valence-corrected chi connectivity index (χ2v) is 7.59. The Bertz CT molecular complexity index is 897. The standard InChI is InChI=1S/C13H12Cl3N3O3S/c1-8-2-3-13(20)19(18-8)5-4-17-23(21,22)12-7-10(15)9(14)6-11(12)16/h2-3,6-7,17H,4-5H2,1H3. The monoisotopic (exact) mass is 395 g/mol. The van der Waals surface area contributed by atoms with Crippen molar-refractivity contribution in [1.82, 2.24) is 14.5 Å². The highest BCUT2D eigenvalue weighted by Crippen LogP contribution is 2.31. The van der Waals surface area contributed by atoms with Gasteiger partial charge in [0.25, 0.3) is 5.56 Å². The molecular formula is C13H12Cl3N3O3S. The first-order valence-corrected chi connectivity index (χ1v) is 9.01. The molecule has 0 fully saturated rings. The quantitative estimate of drug-likeness (QED) is 0.787. The minimum Gasteiger partial charge on any atom is -0.268 e. The van der Waals surface area contributed by atoms with Gasteiger partial charge in [-0.1, -0.05) is 34.8 Å². The molecule has 0 radical (unpaired) electrons. The van der Waals surface area contributed by atoms with Gasteiger partial charge in [0, 0.05) is 12.6 Å². The summed E-state index contributed by atoms with van der Waals surface area (Å²) in [6.45, 7) is 1.78. The number of hydrogen-bond acceptors (Lipinski definition) is 4. The molecule has 0 atom stereocenters. The molecule has 2 aromatic rings. The average molecular weight is 397 g/mol. The largest absolute Gasteiger partial charge is 0.268 e. The van der Waals surface area contributed by atoms with Crippen molar-refractivity contribution in [1.29, 1.82) is 0 Å². The van der Waals surface area contributed by atoms with E-state index in [1.165, 1.54) is 22.9 Å². The van der Waals surface area contributed by atoms with Gasteiger partial charge in [0.1, 0.15) is 4.90 Å². The Morgan fingerprint density at radius 3 is 2.48 bits per heavy atom. The molecule has 124 valence electrons. The summed E-state index contributed by atoms with van der Waals surface area (Å²) in [6.07, 6.45) is 0. The van der Waals surface area contributed by atoms with E-state index in [0.717, 1.165) is 0 Å². The molecule has 0 saturated heterocycles. The Labute approximate surface area is 148 Å². The summed E-state index contributed by atoms with van der Waals surface area (Å²) in [5.41, 5.74) is 0.336. The van der Waals surface area contributed by atoms with Crippen LogP contribution in [0.1, 0.15) is 5.69 Å².